The molecule has 0 aromatic carbocycles. The molecule has 116 valence electrons. The van der Waals surface area contributed by atoms with Crippen LogP contribution in [-0.4, -0.2) is 73.2 Å². The van der Waals surface area contributed by atoms with Crippen molar-refractivity contribution in [1.29, 1.82) is 0 Å². The zero-order chi connectivity index (χ0) is 15.6. The summed E-state index contributed by atoms with van der Waals surface area (Å²) in [6, 6.07) is 1.67. The molecule has 2 N–H and O–H groups in total. The number of piperazine rings is 1. The Kier molecular flexibility index (Phi) is 4.40. The number of aromatic nitrogens is 2. The van der Waals surface area contributed by atoms with Gasteiger partial charge in [-0.15, -0.1) is 0 Å². The van der Waals surface area contributed by atoms with Gasteiger partial charge in [0, 0.05) is 46.5 Å². The number of primary amides is 1. The number of amides is 1. The van der Waals surface area contributed by atoms with Crippen LogP contribution in [0.25, 0.3) is 0 Å². The highest BCUT2D eigenvalue weighted by Gasteiger charge is 2.29. The maximum atomic E-state index is 12.0. The summed E-state index contributed by atoms with van der Waals surface area (Å²) in [7, 11) is -0.384. The molecule has 1 aromatic rings. The average molecular weight is 314 g/mol. The Morgan fingerprint density at radius 3 is 2.43 bits per heavy atom. The average Bonchev–Trinajstić information content (AvgIpc) is 2.47. The molecule has 0 unspecified atom stereocenters. The van der Waals surface area contributed by atoms with Gasteiger partial charge >= 0.3 is 0 Å². The maximum absolute atomic E-state index is 12.0. The lowest BCUT2D eigenvalue weighted by molar-refractivity contribution is 0.0990. The summed E-state index contributed by atoms with van der Waals surface area (Å²) in [6.45, 7) is 1.69. The molecule has 2 heterocycles. The van der Waals surface area contributed by atoms with Gasteiger partial charge in [0.2, 0.25) is 5.82 Å². The van der Waals surface area contributed by atoms with E-state index >= 15 is 0 Å². The highest BCUT2D eigenvalue weighted by atomic mass is 32.2. The van der Waals surface area contributed by atoms with Crippen molar-refractivity contribution in [2.75, 3.05) is 45.2 Å². The third-order valence-electron chi connectivity index (χ3n) is 3.21. The normalized spacial score (nSPS) is 17.2. The van der Waals surface area contributed by atoms with Crippen molar-refractivity contribution in [3.63, 3.8) is 0 Å². The topological polar surface area (TPSA) is 113 Å². The number of rotatable bonds is 4. The first-order chi connectivity index (χ1) is 9.82. The van der Waals surface area contributed by atoms with Crippen molar-refractivity contribution in [2.45, 2.75) is 0 Å². The first kappa shape index (κ1) is 15.6. The predicted molar refractivity (Wildman–Crippen MR) is 76.9 cm³/mol. The molecule has 0 bridgehead atoms. The van der Waals surface area contributed by atoms with Gasteiger partial charge in [-0.05, 0) is 6.07 Å². The van der Waals surface area contributed by atoms with E-state index < -0.39 is 16.1 Å². The number of carbonyl (C=O) groups excluding carboxylic acids is 1. The highest BCUT2D eigenvalue weighted by molar-refractivity contribution is 7.86. The maximum Gasteiger partial charge on any atom is 0.286 e. The largest absolute Gasteiger partial charge is 0.363 e. The Morgan fingerprint density at radius 1 is 1.29 bits per heavy atom. The molecule has 1 amide bonds. The van der Waals surface area contributed by atoms with Crippen LogP contribution in [0.4, 0.5) is 5.82 Å². The van der Waals surface area contributed by atoms with Crippen LogP contribution in [0.5, 0.6) is 0 Å². The van der Waals surface area contributed by atoms with Crippen LogP contribution in [0, 0.1) is 0 Å². The van der Waals surface area contributed by atoms with Gasteiger partial charge < -0.3 is 10.6 Å². The summed E-state index contributed by atoms with van der Waals surface area (Å²) < 4.78 is 26.6. The van der Waals surface area contributed by atoms with Gasteiger partial charge in [-0.1, -0.05) is 0 Å². The van der Waals surface area contributed by atoms with Gasteiger partial charge in [0.15, 0.2) is 0 Å². The van der Waals surface area contributed by atoms with Crippen molar-refractivity contribution in [3.8, 4) is 0 Å². The van der Waals surface area contributed by atoms with Crippen molar-refractivity contribution in [3.05, 3.63) is 18.1 Å². The third-order valence-corrected chi connectivity index (χ3v) is 5.15. The number of nitrogens with zero attached hydrogens (tertiary/aromatic N) is 5. The number of anilines is 1. The zero-order valence-corrected chi connectivity index (χ0v) is 12.7. The van der Waals surface area contributed by atoms with Crippen molar-refractivity contribution >= 4 is 21.9 Å². The Labute approximate surface area is 123 Å². The summed E-state index contributed by atoms with van der Waals surface area (Å²) >= 11 is 0. The van der Waals surface area contributed by atoms with Crippen LogP contribution in [0.1, 0.15) is 10.6 Å². The first-order valence-electron chi connectivity index (χ1n) is 6.38. The van der Waals surface area contributed by atoms with E-state index in [4.69, 9.17) is 5.73 Å². The SMILES string of the molecule is CN(C)S(=O)(=O)N1CCN(c2ccnc(C(N)=O)n2)CC1. The molecule has 1 aliphatic heterocycles. The van der Waals surface area contributed by atoms with Crippen molar-refractivity contribution in [2.24, 2.45) is 5.73 Å². The van der Waals surface area contributed by atoms with Gasteiger partial charge in [-0.3, -0.25) is 4.79 Å². The smallest absolute Gasteiger partial charge is 0.286 e. The molecule has 1 fully saturated rings. The van der Waals surface area contributed by atoms with Gasteiger partial charge in [-0.2, -0.15) is 17.0 Å². The molecular formula is C11H18N6O3S. The zero-order valence-electron chi connectivity index (χ0n) is 11.9. The third kappa shape index (κ3) is 3.28. The Bertz CT molecular complexity index is 625. The van der Waals surface area contributed by atoms with E-state index in [0.29, 0.717) is 32.0 Å². The molecule has 0 spiro atoms. The summed E-state index contributed by atoms with van der Waals surface area (Å²) in [5, 5.41) is 0. The minimum atomic E-state index is -3.39. The van der Waals surface area contributed by atoms with E-state index in [-0.39, 0.29) is 5.82 Å². The lowest BCUT2D eigenvalue weighted by Gasteiger charge is -2.35. The second kappa shape index (κ2) is 5.92. The number of hydrogen-bond acceptors (Lipinski definition) is 6. The molecule has 1 saturated heterocycles. The fourth-order valence-electron chi connectivity index (χ4n) is 2.02. The molecule has 21 heavy (non-hydrogen) atoms. The summed E-state index contributed by atoms with van der Waals surface area (Å²) in [5.41, 5.74) is 5.15. The molecule has 10 heteroatoms. The first-order valence-corrected chi connectivity index (χ1v) is 7.77. The lowest BCUT2D eigenvalue weighted by atomic mass is 10.3. The highest BCUT2D eigenvalue weighted by Crippen LogP contribution is 2.15. The van der Waals surface area contributed by atoms with Crippen LogP contribution in [-0.2, 0) is 10.2 Å². The number of hydrogen-bond donors (Lipinski definition) is 1. The van der Waals surface area contributed by atoms with Crippen molar-refractivity contribution in [1.82, 2.24) is 18.6 Å². The minimum Gasteiger partial charge on any atom is -0.363 e. The molecule has 0 aliphatic carbocycles. The van der Waals surface area contributed by atoms with Crippen LogP contribution >= 0.6 is 0 Å². The molecular weight excluding hydrogens is 296 g/mol. The monoisotopic (exact) mass is 314 g/mol. The van der Waals surface area contributed by atoms with E-state index in [1.54, 1.807) is 6.07 Å². The molecule has 9 nitrogen and oxygen atoms in total. The van der Waals surface area contributed by atoms with Crippen molar-refractivity contribution < 1.29 is 13.2 Å². The van der Waals surface area contributed by atoms with E-state index in [1.807, 2.05) is 4.90 Å². The second-order valence-electron chi connectivity index (χ2n) is 4.78. The molecule has 1 aliphatic rings. The van der Waals surface area contributed by atoms with Gasteiger partial charge in [0.1, 0.15) is 5.82 Å². The predicted octanol–water partition coefficient (Wildman–Crippen LogP) is -1.50. The minimum absolute atomic E-state index is 0.0455. The number of nitrogens with two attached hydrogens (primary N) is 1. The molecule has 0 radical (unpaired) electrons. The molecule has 1 aromatic heterocycles. The quantitative estimate of drug-likeness (QED) is 0.724. The van der Waals surface area contributed by atoms with Crippen LogP contribution in [0.2, 0.25) is 0 Å². The van der Waals surface area contributed by atoms with Gasteiger partial charge in [0.25, 0.3) is 16.1 Å². The summed E-state index contributed by atoms with van der Waals surface area (Å²) in [5.74, 6) is -0.165. The van der Waals surface area contributed by atoms with E-state index in [0.717, 1.165) is 0 Å². The molecule has 0 atom stereocenters. The molecule has 2 rings (SSSR count). The fourth-order valence-corrected chi connectivity index (χ4v) is 3.11. The fraction of sp³-hybridized carbons (Fsp3) is 0.545. The Hall–Kier alpha value is -1.78. The number of carbonyl (C=O) groups is 1. The van der Waals surface area contributed by atoms with Crippen LogP contribution < -0.4 is 10.6 Å². The molecule has 0 saturated carbocycles. The Balaban J connectivity index is 2.08. The second-order valence-corrected chi connectivity index (χ2v) is 6.92. The van der Waals surface area contributed by atoms with Crippen LogP contribution in [0.15, 0.2) is 12.3 Å². The van der Waals surface area contributed by atoms with E-state index in [2.05, 4.69) is 9.97 Å². The van der Waals surface area contributed by atoms with Crippen LogP contribution in [0.3, 0.4) is 0 Å². The van der Waals surface area contributed by atoms with Gasteiger partial charge in [0.05, 0.1) is 0 Å². The van der Waals surface area contributed by atoms with E-state index in [1.165, 1.54) is 28.9 Å². The van der Waals surface area contributed by atoms with Gasteiger partial charge in [-0.25, -0.2) is 9.97 Å². The Morgan fingerprint density at radius 2 is 1.90 bits per heavy atom. The lowest BCUT2D eigenvalue weighted by Crippen LogP contribution is -2.52. The summed E-state index contributed by atoms with van der Waals surface area (Å²) in [4.78, 5) is 20.8. The standard InChI is InChI=1S/C11H18N6O3S/c1-15(2)21(19,20)17-7-5-16(6-8-17)9-3-4-13-11(14-9)10(12)18/h3-4H,5-8H2,1-2H3,(H2,12,18). The van der Waals surface area contributed by atoms with E-state index in [9.17, 15) is 13.2 Å². The summed E-state index contributed by atoms with van der Waals surface area (Å²) in [6.07, 6.45) is 1.46.